The van der Waals surface area contributed by atoms with Gasteiger partial charge in [-0.05, 0) is 84.4 Å². The van der Waals surface area contributed by atoms with Gasteiger partial charge in [0.1, 0.15) is 12.4 Å². The van der Waals surface area contributed by atoms with E-state index in [1.807, 2.05) is 60.7 Å². The van der Waals surface area contributed by atoms with E-state index in [2.05, 4.69) is 26.1 Å². The molecule has 5 atom stereocenters. The molecule has 4 aliphatic rings. The van der Waals surface area contributed by atoms with Crippen LogP contribution in [0.15, 0.2) is 78.9 Å². The molecule has 3 aromatic carbocycles. The summed E-state index contributed by atoms with van der Waals surface area (Å²) in [5.74, 6) is 0.0740. The van der Waals surface area contributed by atoms with Crippen molar-refractivity contribution in [2.45, 2.75) is 70.7 Å². The second-order valence-corrected chi connectivity index (χ2v) is 12.8. The van der Waals surface area contributed by atoms with Crippen molar-refractivity contribution in [3.05, 3.63) is 101 Å². The number of amides is 1. The Morgan fingerprint density at radius 1 is 0.976 bits per heavy atom. The van der Waals surface area contributed by atoms with E-state index in [9.17, 15) is 14.7 Å². The van der Waals surface area contributed by atoms with Crippen LogP contribution in [0.1, 0.15) is 60.7 Å². The Morgan fingerprint density at radius 3 is 2.48 bits per heavy atom. The first-order chi connectivity index (χ1) is 20.1. The molecule has 1 aliphatic heterocycles. The molecule has 0 spiro atoms. The zero-order valence-electron chi connectivity index (χ0n) is 24.4. The lowest BCUT2D eigenvalue weighted by molar-refractivity contribution is -0.199. The van der Waals surface area contributed by atoms with E-state index in [4.69, 9.17) is 14.0 Å². The van der Waals surface area contributed by atoms with Crippen LogP contribution in [0.4, 0.5) is 0 Å². The number of ether oxygens (including phenoxy) is 1. The van der Waals surface area contributed by atoms with Crippen molar-refractivity contribution in [2.75, 3.05) is 0 Å². The van der Waals surface area contributed by atoms with Gasteiger partial charge in [0.05, 0.1) is 29.6 Å². The van der Waals surface area contributed by atoms with Gasteiger partial charge < -0.3 is 24.5 Å². The van der Waals surface area contributed by atoms with Gasteiger partial charge in [0.25, 0.3) is 0 Å². The van der Waals surface area contributed by atoms with Crippen LogP contribution >= 0.6 is 0 Å². The summed E-state index contributed by atoms with van der Waals surface area (Å²) in [5.41, 5.74) is 2.70. The number of nitrogens with one attached hydrogen (secondary N) is 1. The van der Waals surface area contributed by atoms with Crippen LogP contribution in [-0.2, 0) is 33.6 Å². The average molecular weight is 567 g/mol. The van der Waals surface area contributed by atoms with Crippen molar-refractivity contribution in [1.29, 1.82) is 0 Å². The van der Waals surface area contributed by atoms with Crippen molar-refractivity contribution >= 4 is 19.0 Å². The predicted molar refractivity (Wildman–Crippen MR) is 160 cm³/mol. The maximum atomic E-state index is 13.4. The summed E-state index contributed by atoms with van der Waals surface area (Å²) in [6.07, 6.45) is 2.61. The van der Waals surface area contributed by atoms with E-state index in [1.54, 1.807) is 18.2 Å². The van der Waals surface area contributed by atoms with Crippen LogP contribution in [0.25, 0.3) is 0 Å². The summed E-state index contributed by atoms with van der Waals surface area (Å²) in [5, 5.41) is 12.7. The zero-order chi connectivity index (χ0) is 29.5. The second-order valence-electron chi connectivity index (χ2n) is 12.8. The van der Waals surface area contributed by atoms with Gasteiger partial charge in [0, 0.05) is 0 Å². The van der Waals surface area contributed by atoms with Crippen molar-refractivity contribution in [1.82, 2.24) is 5.32 Å². The van der Waals surface area contributed by atoms with E-state index in [0.29, 0.717) is 30.6 Å². The van der Waals surface area contributed by atoms with Gasteiger partial charge in [-0.1, -0.05) is 68.4 Å². The van der Waals surface area contributed by atoms with Crippen molar-refractivity contribution in [3.63, 3.8) is 0 Å². The third-order valence-corrected chi connectivity index (χ3v) is 9.78. The van der Waals surface area contributed by atoms with Crippen LogP contribution < -0.4 is 10.1 Å². The lowest BCUT2D eigenvalue weighted by Crippen LogP contribution is -2.65. The van der Waals surface area contributed by atoms with Gasteiger partial charge in [0.2, 0.25) is 5.91 Å². The normalized spacial score (nSPS) is 26.1. The summed E-state index contributed by atoms with van der Waals surface area (Å²) in [6.45, 7) is 7.24. The molecule has 3 aromatic rings. The standard InChI is InChI=1S/C34H38BNO6/c1-33(2)26-19-28(33)34(3)29(20-26)41-35(42-34)30(17-23-11-7-13-25(15-23)32(38)39)36-31(37)18-24-12-8-14-27(16-24)40-21-22-9-5-4-6-10-22/h4-16,26,28-30H,17-21H2,1-3H3,(H,36,37)(H,38,39). The Bertz CT molecular complexity index is 1460. The fraction of sp³-hybridized carbons (Fsp3) is 0.412. The number of benzene rings is 3. The molecule has 0 radical (unpaired) electrons. The molecule has 42 heavy (non-hydrogen) atoms. The Kier molecular flexibility index (Phi) is 7.62. The van der Waals surface area contributed by atoms with Gasteiger partial charge >= 0.3 is 13.1 Å². The minimum Gasteiger partial charge on any atom is -0.489 e. The van der Waals surface area contributed by atoms with Gasteiger partial charge in [-0.15, -0.1) is 0 Å². The van der Waals surface area contributed by atoms with Gasteiger partial charge in [-0.25, -0.2) is 4.79 Å². The molecule has 2 N–H and O–H groups in total. The van der Waals surface area contributed by atoms with Gasteiger partial charge in [0.15, 0.2) is 0 Å². The first-order valence-electron chi connectivity index (χ1n) is 14.8. The number of carbonyl (C=O) groups excluding carboxylic acids is 1. The fourth-order valence-corrected chi connectivity index (χ4v) is 7.30. The summed E-state index contributed by atoms with van der Waals surface area (Å²) in [6, 6.07) is 24.4. The Balaban J connectivity index is 1.17. The highest BCUT2D eigenvalue weighted by Crippen LogP contribution is 2.65. The van der Waals surface area contributed by atoms with Gasteiger partial charge in [-0.2, -0.15) is 0 Å². The number of rotatable bonds is 10. The number of aromatic carboxylic acids is 1. The molecule has 1 heterocycles. The van der Waals surface area contributed by atoms with Crippen LogP contribution in [0, 0.1) is 17.3 Å². The summed E-state index contributed by atoms with van der Waals surface area (Å²) in [4.78, 5) is 25.1. The number of hydrogen-bond donors (Lipinski definition) is 2. The summed E-state index contributed by atoms with van der Waals surface area (Å²) < 4.78 is 19.2. The molecule has 7 rings (SSSR count). The lowest BCUT2D eigenvalue weighted by Gasteiger charge is -2.64. The highest BCUT2D eigenvalue weighted by Gasteiger charge is 2.68. The number of carbonyl (C=O) groups is 2. The van der Waals surface area contributed by atoms with E-state index < -0.39 is 24.6 Å². The molecule has 3 saturated carbocycles. The van der Waals surface area contributed by atoms with E-state index in [1.165, 1.54) is 0 Å². The topological polar surface area (TPSA) is 94.1 Å². The largest absolute Gasteiger partial charge is 0.489 e. The molecule has 5 unspecified atom stereocenters. The van der Waals surface area contributed by atoms with E-state index in [-0.39, 0.29) is 29.4 Å². The Labute approximate surface area is 247 Å². The average Bonchev–Trinajstić information content (AvgIpc) is 3.34. The van der Waals surface area contributed by atoms with Crippen LogP contribution in [0.5, 0.6) is 5.75 Å². The second kappa shape index (κ2) is 11.2. The summed E-state index contributed by atoms with van der Waals surface area (Å²) >= 11 is 0. The molecule has 1 amide bonds. The molecule has 0 aromatic heterocycles. The quantitative estimate of drug-likeness (QED) is 0.314. The van der Waals surface area contributed by atoms with Crippen molar-refractivity contribution < 1.29 is 28.7 Å². The lowest BCUT2D eigenvalue weighted by atomic mass is 9.43. The molecular formula is C34H38BNO6. The third kappa shape index (κ3) is 5.58. The number of carboxylic acids is 1. The molecule has 218 valence electrons. The third-order valence-electron chi connectivity index (χ3n) is 9.78. The first-order valence-corrected chi connectivity index (χ1v) is 14.8. The van der Waals surface area contributed by atoms with Crippen molar-refractivity contribution in [2.24, 2.45) is 17.3 Å². The number of carboxylic acid groups (broad SMARTS) is 1. The molecule has 4 fully saturated rings. The molecule has 1 saturated heterocycles. The minimum atomic E-state index is -0.985. The SMILES string of the molecule is CC1(C)C2CC3OB(C(Cc4cccc(C(=O)O)c4)NC(=O)Cc4cccc(OCc5ccccc5)c4)OC3(C)C1C2. The fourth-order valence-electron chi connectivity index (χ4n) is 7.30. The summed E-state index contributed by atoms with van der Waals surface area (Å²) in [7, 11) is -0.631. The number of hydrogen-bond acceptors (Lipinski definition) is 5. The predicted octanol–water partition coefficient (Wildman–Crippen LogP) is 5.50. The smallest absolute Gasteiger partial charge is 0.482 e. The maximum absolute atomic E-state index is 13.4. The molecule has 3 aliphatic carbocycles. The molecular weight excluding hydrogens is 529 g/mol. The Hall–Kier alpha value is -3.62. The van der Waals surface area contributed by atoms with E-state index >= 15 is 0 Å². The van der Waals surface area contributed by atoms with Crippen molar-refractivity contribution in [3.8, 4) is 5.75 Å². The monoisotopic (exact) mass is 567 g/mol. The van der Waals surface area contributed by atoms with Crippen LogP contribution in [0.2, 0.25) is 0 Å². The molecule has 8 heteroatoms. The highest BCUT2D eigenvalue weighted by atomic mass is 16.7. The van der Waals surface area contributed by atoms with Crippen LogP contribution in [0.3, 0.4) is 0 Å². The van der Waals surface area contributed by atoms with E-state index in [0.717, 1.165) is 29.5 Å². The molecule has 2 bridgehead atoms. The maximum Gasteiger partial charge on any atom is 0.482 e. The first kappa shape index (κ1) is 28.5. The van der Waals surface area contributed by atoms with Crippen LogP contribution in [-0.4, -0.2) is 41.7 Å². The zero-order valence-corrected chi connectivity index (χ0v) is 24.4. The Morgan fingerprint density at radius 2 is 1.71 bits per heavy atom. The minimum absolute atomic E-state index is 0.0255. The molecule has 7 nitrogen and oxygen atoms in total. The highest BCUT2D eigenvalue weighted by molar-refractivity contribution is 6.48. The van der Waals surface area contributed by atoms with Gasteiger partial charge in [-0.3, -0.25) is 4.79 Å².